The Kier molecular flexibility index (Phi) is 5.69. The first kappa shape index (κ1) is 16.9. The number of carboxylic acid groups (broad SMARTS) is 1. The summed E-state index contributed by atoms with van der Waals surface area (Å²) in [6.45, 7) is 5.11. The average molecular weight is 296 g/mol. The van der Waals surface area contributed by atoms with Crippen molar-refractivity contribution in [3.8, 4) is 0 Å². The van der Waals surface area contributed by atoms with Crippen LogP contribution in [-0.2, 0) is 4.79 Å². The molecular weight excluding hydrogens is 275 g/mol. The van der Waals surface area contributed by atoms with Crippen LogP contribution in [0.3, 0.4) is 0 Å². The van der Waals surface area contributed by atoms with Gasteiger partial charge >= 0.3 is 12.0 Å². The smallest absolute Gasteiger partial charge is 0.329 e. The molecule has 21 heavy (non-hydrogen) atoms. The molecule has 0 bridgehead atoms. The molecule has 0 aliphatic rings. The lowest BCUT2D eigenvalue weighted by molar-refractivity contribution is -0.144. The zero-order valence-corrected chi connectivity index (χ0v) is 12.4. The van der Waals surface area contributed by atoms with E-state index < -0.39 is 23.6 Å². The molecule has 0 saturated carbocycles. The normalized spacial score (nSPS) is 12.6. The lowest BCUT2D eigenvalue weighted by atomic mass is 9.93. The summed E-state index contributed by atoms with van der Waals surface area (Å²) in [5, 5.41) is 14.4. The van der Waals surface area contributed by atoms with Crippen LogP contribution in [0.5, 0.6) is 0 Å². The number of carbonyl (C=O) groups excluding carboxylic acids is 1. The van der Waals surface area contributed by atoms with Crippen LogP contribution in [0.4, 0.5) is 9.18 Å². The SMILES string of the molecule is CCC(CC)(NC(=O)NC(C)c1cccc(F)c1)C(=O)O. The number of hydrogen-bond donors (Lipinski definition) is 3. The van der Waals surface area contributed by atoms with Crippen molar-refractivity contribution in [1.82, 2.24) is 10.6 Å². The van der Waals surface area contributed by atoms with Gasteiger partial charge in [0.1, 0.15) is 11.4 Å². The van der Waals surface area contributed by atoms with Crippen molar-refractivity contribution in [2.24, 2.45) is 0 Å². The first-order valence-corrected chi connectivity index (χ1v) is 6.92. The molecule has 6 heteroatoms. The van der Waals surface area contributed by atoms with Crippen molar-refractivity contribution >= 4 is 12.0 Å². The van der Waals surface area contributed by atoms with Gasteiger partial charge in [-0.25, -0.2) is 14.0 Å². The minimum Gasteiger partial charge on any atom is -0.480 e. The fourth-order valence-corrected chi connectivity index (χ4v) is 2.09. The summed E-state index contributed by atoms with van der Waals surface area (Å²) in [4.78, 5) is 23.3. The maximum Gasteiger partial charge on any atom is 0.329 e. The maximum absolute atomic E-state index is 13.1. The molecular formula is C15H21FN2O3. The van der Waals surface area contributed by atoms with E-state index in [2.05, 4.69) is 10.6 Å². The molecule has 0 fully saturated rings. The Labute approximate surface area is 123 Å². The number of rotatable bonds is 6. The molecule has 1 unspecified atom stereocenters. The van der Waals surface area contributed by atoms with E-state index in [1.165, 1.54) is 12.1 Å². The van der Waals surface area contributed by atoms with Gasteiger partial charge in [-0.2, -0.15) is 0 Å². The summed E-state index contributed by atoms with van der Waals surface area (Å²) in [6, 6.07) is 4.88. The number of hydrogen-bond acceptors (Lipinski definition) is 2. The number of urea groups is 1. The Balaban J connectivity index is 2.75. The highest BCUT2D eigenvalue weighted by Gasteiger charge is 2.36. The van der Waals surface area contributed by atoms with Crippen molar-refractivity contribution < 1.29 is 19.1 Å². The second-order valence-electron chi connectivity index (χ2n) is 4.97. The zero-order valence-electron chi connectivity index (χ0n) is 12.4. The number of benzene rings is 1. The van der Waals surface area contributed by atoms with Crippen molar-refractivity contribution in [2.75, 3.05) is 0 Å². The fourth-order valence-electron chi connectivity index (χ4n) is 2.09. The summed E-state index contributed by atoms with van der Waals surface area (Å²) in [5.41, 5.74) is -0.676. The van der Waals surface area contributed by atoms with Gasteiger partial charge in [0.15, 0.2) is 0 Å². The van der Waals surface area contributed by atoms with Crippen LogP contribution in [0.2, 0.25) is 0 Å². The average Bonchev–Trinajstić information content (AvgIpc) is 2.44. The van der Waals surface area contributed by atoms with Crippen LogP contribution < -0.4 is 10.6 Å². The van der Waals surface area contributed by atoms with E-state index in [1.54, 1.807) is 32.9 Å². The molecule has 0 heterocycles. The molecule has 1 aromatic rings. The second kappa shape index (κ2) is 7.06. The standard InChI is InChI=1S/C15H21FN2O3/c1-4-15(5-2,13(19)20)18-14(21)17-10(3)11-7-6-8-12(16)9-11/h6-10H,4-5H2,1-3H3,(H,19,20)(H2,17,18,21). The Morgan fingerprint density at radius 2 is 1.95 bits per heavy atom. The predicted octanol–water partition coefficient (Wildman–Crippen LogP) is 2.83. The highest BCUT2D eigenvalue weighted by Crippen LogP contribution is 2.17. The number of halogens is 1. The van der Waals surface area contributed by atoms with E-state index in [0.717, 1.165) is 0 Å². The molecule has 0 aliphatic heterocycles. The molecule has 1 rings (SSSR count). The summed E-state index contributed by atoms with van der Waals surface area (Å²) in [5.74, 6) is -1.45. The first-order chi connectivity index (χ1) is 9.84. The lowest BCUT2D eigenvalue weighted by Crippen LogP contribution is -2.56. The van der Waals surface area contributed by atoms with E-state index in [4.69, 9.17) is 0 Å². The topological polar surface area (TPSA) is 78.4 Å². The number of nitrogens with one attached hydrogen (secondary N) is 2. The fraction of sp³-hybridized carbons (Fsp3) is 0.467. The van der Waals surface area contributed by atoms with E-state index >= 15 is 0 Å². The number of carbonyl (C=O) groups is 2. The molecule has 116 valence electrons. The predicted molar refractivity (Wildman–Crippen MR) is 77.4 cm³/mol. The largest absolute Gasteiger partial charge is 0.480 e. The van der Waals surface area contributed by atoms with E-state index in [1.807, 2.05) is 0 Å². The molecule has 3 N–H and O–H groups in total. The molecule has 1 aromatic carbocycles. The van der Waals surface area contributed by atoms with Gasteiger partial charge in [-0.1, -0.05) is 26.0 Å². The maximum atomic E-state index is 13.1. The molecule has 0 aromatic heterocycles. The summed E-state index contributed by atoms with van der Waals surface area (Å²) < 4.78 is 13.1. The van der Waals surface area contributed by atoms with Gasteiger partial charge in [0.25, 0.3) is 0 Å². The van der Waals surface area contributed by atoms with E-state index in [9.17, 15) is 19.1 Å². The van der Waals surface area contributed by atoms with Crippen LogP contribution in [0, 0.1) is 5.82 Å². The summed E-state index contributed by atoms with van der Waals surface area (Å²) in [7, 11) is 0. The number of amides is 2. The van der Waals surface area contributed by atoms with Crippen LogP contribution in [0.25, 0.3) is 0 Å². The van der Waals surface area contributed by atoms with Crippen LogP contribution in [0.1, 0.15) is 45.2 Å². The van der Waals surface area contributed by atoms with Crippen LogP contribution >= 0.6 is 0 Å². The Morgan fingerprint density at radius 3 is 2.43 bits per heavy atom. The molecule has 2 amide bonds. The summed E-state index contributed by atoms with van der Waals surface area (Å²) in [6.07, 6.45) is 0.557. The van der Waals surface area contributed by atoms with Gasteiger partial charge in [-0.15, -0.1) is 0 Å². The van der Waals surface area contributed by atoms with Crippen molar-refractivity contribution in [1.29, 1.82) is 0 Å². The highest BCUT2D eigenvalue weighted by molar-refractivity contribution is 5.86. The lowest BCUT2D eigenvalue weighted by Gasteiger charge is -2.29. The Hall–Kier alpha value is -2.11. The van der Waals surface area contributed by atoms with Gasteiger partial charge in [-0.3, -0.25) is 0 Å². The van der Waals surface area contributed by atoms with Crippen molar-refractivity contribution in [3.63, 3.8) is 0 Å². The Morgan fingerprint density at radius 1 is 1.33 bits per heavy atom. The third-order valence-corrected chi connectivity index (χ3v) is 3.67. The molecule has 0 radical (unpaired) electrons. The van der Waals surface area contributed by atoms with Crippen molar-refractivity contribution in [2.45, 2.75) is 45.2 Å². The first-order valence-electron chi connectivity index (χ1n) is 6.92. The van der Waals surface area contributed by atoms with Gasteiger partial charge in [0, 0.05) is 0 Å². The van der Waals surface area contributed by atoms with Gasteiger partial charge in [-0.05, 0) is 37.5 Å². The van der Waals surface area contributed by atoms with Crippen LogP contribution in [0.15, 0.2) is 24.3 Å². The third kappa shape index (κ3) is 4.18. The molecule has 1 atom stereocenters. The highest BCUT2D eigenvalue weighted by atomic mass is 19.1. The molecule has 5 nitrogen and oxygen atoms in total. The quantitative estimate of drug-likeness (QED) is 0.755. The Bertz CT molecular complexity index is 515. The monoisotopic (exact) mass is 296 g/mol. The van der Waals surface area contributed by atoms with E-state index in [-0.39, 0.29) is 18.7 Å². The van der Waals surface area contributed by atoms with Crippen LogP contribution in [-0.4, -0.2) is 22.6 Å². The molecule has 0 spiro atoms. The third-order valence-electron chi connectivity index (χ3n) is 3.67. The zero-order chi connectivity index (χ0) is 16.0. The van der Waals surface area contributed by atoms with Gasteiger partial charge < -0.3 is 15.7 Å². The minimum atomic E-state index is -1.29. The van der Waals surface area contributed by atoms with Gasteiger partial charge in [0.05, 0.1) is 6.04 Å². The van der Waals surface area contributed by atoms with Gasteiger partial charge in [0.2, 0.25) is 0 Å². The van der Waals surface area contributed by atoms with E-state index in [0.29, 0.717) is 5.56 Å². The second-order valence-corrected chi connectivity index (χ2v) is 4.97. The summed E-state index contributed by atoms with van der Waals surface area (Å²) >= 11 is 0. The number of carboxylic acids is 1. The minimum absolute atomic E-state index is 0.278. The molecule has 0 saturated heterocycles. The van der Waals surface area contributed by atoms with Crippen molar-refractivity contribution in [3.05, 3.63) is 35.6 Å². The molecule has 0 aliphatic carbocycles. The number of aliphatic carboxylic acids is 1.